The van der Waals surface area contributed by atoms with Crippen LogP contribution in [0.4, 0.5) is 0 Å². The van der Waals surface area contributed by atoms with Gasteiger partial charge in [-0.2, -0.15) is 0 Å². The minimum atomic E-state index is -0.177. The highest BCUT2D eigenvalue weighted by molar-refractivity contribution is 6.23. The van der Waals surface area contributed by atoms with E-state index in [1.54, 1.807) is 0 Å². The zero-order chi connectivity index (χ0) is 34.6. The fourth-order valence-corrected chi connectivity index (χ4v) is 8.68. The average molecular weight is 665 g/mol. The lowest BCUT2D eigenvalue weighted by atomic mass is 9.80. The van der Waals surface area contributed by atoms with Gasteiger partial charge in [0.15, 0.2) is 0 Å². The van der Waals surface area contributed by atoms with Crippen LogP contribution in [0.5, 0.6) is 0 Å². The number of furan rings is 1. The van der Waals surface area contributed by atoms with Gasteiger partial charge in [-0.3, -0.25) is 4.98 Å². The smallest absolute Gasteiger partial charge is 0.143 e. The van der Waals surface area contributed by atoms with Crippen molar-refractivity contribution in [2.24, 2.45) is 0 Å². The summed E-state index contributed by atoms with van der Waals surface area (Å²) in [6.45, 7) is 4.70. The van der Waals surface area contributed by atoms with Crippen molar-refractivity contribution in [3.8, 4) is 44.6 Å². The summed E-state index contributed by atoms with van der Waals surface area (Å²) in [6, 6.07) is 54.4. The van der Waals surface area contributed by atoms with Gasteiger partial charge in [0.1, 0.15) is 11.2 Å². The molecular formula is C49H32N2O. The first kappa shape index (κ1) is 29.2. The molecule has 1 aliphatic rings. The Morgan fingerprint density at radius 2 is 1.02 bits per heavy atom. The highest BCUT2D eigenvalue weighted by Gasteiger charge is 2.36. The van der Waals surface area contributed by atoms with Gasteiger partial charge < -0.3 is 4.42 Å². The third-order valence-corrected chi connectivity index (χ3v) is 11.3. The predicted octanol–water partition coefficient (Wildman–Crippen LogP) is 13.1. The van der Waals surface area contributed by atoms with Crippen LogP contribution in [0.25, 0.3) is 99.2 Å². The molecule has 0 aliphatic heterocycles. The summed E-state index contributed by atoms with van der Waals surface area (Å²) in [5, 5.41) is 6.96. The van der Waals surface area contributed by atoms with E-state index in [1.165, 1.54) is 44.2 Å². The Hall–Kier alpha value is -6.58. The highest BCUT2D eigenvalue weighted by Crippen LogP contribution is 2.51. The van der Waals surface area contributed by atoms with Crippen molar-refractivity contribution in [2.75, 3.05) is 0 Å². The molecule has 3 nitrogen and oxygen atoms in total. The van der Waals surface area contributed by atoms with Crippen molar-refractivity contribution in [3.63, 3.8) is 0 Å². The van der Waals surface area contributed by atoms with E-state index in [2.05, 4.69) is 153 Å². The summed E-state index contributed by atoms with van der Waals surface area (Å²) < 4.78 is 6.43. The molecule has 3 heteroatoms. The molecule has 2 aromatic heterocycles. The molecule has 244 valence electrons. The normalized spacial score (nSPS) is 13.3. The monoisotopic (exact) mass is 664 g/mol. The minimum Gasteiger partial charge on any atom is -0.455 e. The minimum absolute atomic E-state index is 0.177. The standard InChI is InChI=1S/C49H32N2O/c1-49(2)42-26-30(21-23-36(42)37-24-22-31(27-43(37)49)33-18-10-19-41-38-15-7-8-20-45(38)52-48(33)41)29-11-9-12-32(25-29)44-28-50-46-39-16-5-3-13-34(39)35-14-4-6-17-40(35)47(46)51-44/h3-28H,1-2H3. The molecule has 0 unspecified atom stereocenters. The first-order chi connectivity index (χ1) is 25.5. The maximum absolute atomic E-state index is 6.43. The van der Waals surface area contributed by atoms with Crippen LogP contribution >= 0.6 is 0 Å². The first-order valence-electron chi connectivity index (χ1n) is 17.9. The summed E-state index contributed by atoms with van der Waals surface area (Å²) in [5.74, 6) is 0. The molecule has 0 saturated carbocycles. The second-order valence-corrected chi connectivity index (χ2v) is 14.6. The number of hydrogen-bond donors (Lipinski definition) is 0. The Morgan fingerprint density at radius 1 is 0.442 bits per heavy atom. The molecule has 0 saturated heterocycles. The zero-order valence-electron chi connectivity index (χ0n) is 28.8. The van der Waals surface area contributed by atoms with Crippen molar-refractivity contribution in [2.45, 2.75) is 19.3 Å². The fourth-order valence-electron chi connectivity index (χ4n) is 8.68. The quantitative estimate of drug-likeness (QED) is 0.176. The van der Waals surface area contributed by atoms with Gasteiger partial charge in [-0.25, -0.2) is 4.98 Å². The van der Waals surface area contributed by atoms with E-state index in [1.807, 2.05) is 18.3 Å². The van der Waals surface area contributed by atoms with Crippen LogP contribution < -0.4 is 0 Å². The first-order valence-corrected chi connectivity index (χ1v) is 17.9. The van der Waals surface area contributed by atoms with E-state index in [9.17, 15) is 0 Å². The summed E-state index contributed by atoms with van der Waals surface area (Å²) >= 11 is 0. The van der Waals surface area contributed by atoms with Gasteiger partial charge in [-0.15, -0.1) is 0 Å². The Bertz CT molecular complexity index is 3080. The predicted molar refractivity (Wildman–Crippen MR) is 216 cm³/mol. The van der Waals surface area contributed by atoms with E-state index in [0.717, 1.165) is 66.1 Å². The van der Waals surface area contributed by atoms with Gasteiger partial charge in [0, 0.05) is 38.1 Å². The molecule has 0 spiro atoms. The second kappa shape index (κ2) is 10.7. The molecule has 0 bridgehead atoms. The van der Waals surface area contributed by atoms with Crippen molar-refractivity contribution in [3.05, 3.63) is 169 Å². The lowest BCUT2D eigenvalue weighted by molar-refractivity contribution is 0.660. The number of para-hydroxylation sites is 2. The third kappa shape index (κ3) is 4.14. The molecule has 0 N–H and O–H groups in total. The van der Waals surface area contributed by atoms with E-state index in [-0.39, 0.29) is 5.41 Å². The molecular weight excluding hydrogens is 633 g/mol. The number of nitrogens with zero attached hydrogens (tertiary/aromatic N) is 2. The van der Waals surface area contributed by atoms with E-state index >= 15 is 0 Å². The van der Waals surface area contributed by atoms with Gasteiger partial charge in [-0.05, 0) is 74.0 Å². The Balaban J connectivity index is 0.986. The van der Waals surface area contributed by atoms with Crippen LogP contribution in [0.3, 0.4) is 0 Å². The van der Waals surface area contributed by atoms with Gasteiger partial charge in [0.05, 0.1) is 22.9 Å². The van der Waals surface area contributed by atoms with E-state index in [0.29, 0.717) is 0 Å². The van der Waals surface area contributed by atoms with Crippen LogP contribution in [0.1, 0.15) is 25.0 Å². The van der Waals surface area contributed by atoms with Crippen LogP contribution in [0.15, 0.2) is 162 Å². The number of fused-ring (bicyclic) bond motifs is 12. The molecule has 0 atom stereocenters. The second-order valence-electron chi connectivity index (χ2n) is 14.6. The van der Waals surface area contributed by atoms with E-state index < -0.39 is 0 Å². The Morgan fingerprint density at radius 3 is 1.79 bits per heavy atom. The summed E-state index contributed by atoms with van der Waals surface area (Å²) in [7, 11) is 0. The van der Waals surface area contributed by atoms with Gasteiger partial charge in [0.2, 0.25) is 0 Å². The fraction of sp³-hybridized carbons (Fsp3) is 0.0612. The molecule has 2 heterocycles. The number of aromatic nitrogens is 2. The average Bonchev–Trinajstić information content (AvgIpc) is 3.69. The summed E-state index contributed by atoms with van der Waals surface area (Å²) in [4.78, 5) is 10.3. The molecule has 10 aromatic rings. The zero-order valence-corrected chi connectivity index (χ0v) is 28.8. The van der Waals surface area contributed by atoms with Gasteiger partial charge >= 0.3 is 0 Å². The Kier molecular flexibility index (Phi) is 6.01. The van der Waals surface area contributed by atoms with E-state index in [4.69, 9.17) is 14.4 Å². The van der Waals surface area contributed by atoms with Crippen LogP contribution in [-0.2, 0) is 5.41 Å². The summed E-state index contributed by atoms with van der Waals surface area (Å²) in [6.07, 6.45) is 1.93. The topological polar surface area (TPSA) is 38.9 Å². The molecule has 11 rings (SSSR count). The van der Waals surface area contributed by atoms with Crippen molar-refractivity contribution >= 4 is 54.5 Å². The number of hydrogen-bond acceptors (Lipinski definition) is 3. The van der Waals surface area contributed by atoms with Crippen LogP contribution in [-0.4, -0.2) is 9.97 Å². The lowest BCUT2D eigenvalue weighted by Crippen LogP contribution is -2.15. The highest BCUT2D eigenvalue weighted by atomic mass is 16.3. The molecule has 52 heavy (non-hydrogen) atoms. The molecule has 8 aromatic carbocycles. The maximum atomic E-state index is 6.43. The van der Waals surface area contributed by atoms with Crippen molar-refractivity contribution < 1.29 is 4.42 Å². The SMILES string of the molecule is CC1(C)c2cc(-c3cccc(-c4cnc5c6ccccc6c6ccccc6c5n4)c3)ccc2-c2ccc(-c3cccc4c3oc3ccccc34)cc21. The van der Waals surface area contributed by atoms with Gasteiger partial charge in [-0.1, -0.05) is 141 Å². The third-order valence-electron chi connectivity index (χ3n) is 11.3. The molecule has 0 radical (unpaired) electrons. The summed E-state index contributed by atoms with van der Waals surface area (Å²) in [5.41, 5.74) is 15.4. The van der Waals surface area contributed by atoms with Crippen molar-refractivity contribution in [1.29, 1.82) is 0 Å². The number of benzene rings is 8. The van der Waals surface area contributed by atoms with Crippen LogP contribution in [0.2, 0.25) is 0 Å². The number of rotatable bonds is 3. The van der Waals surface area contributed by atoms with Crippen molar-refractivity contribution in [1.82, 2.24) is 9.97 Å². The molecule has 0 amide bonds. The molecule has 1 aliphatic carbocycles. The largest absolute Gasteiger partial charge is 0.455 e. The maximum Gasteiger partial charge on any atom is 0.143 e. The Labute approximate surface area is 300 Å². The molecule has 0 fully saturated rings. The lowest BCUT2D eigenvalue weighted by Gasteiger charge is -2.22. The van der Waals surface area contributed by atoms with Crippen LogP contribution in [0, 0.1) is 0 Å². The van der Waals surface area contributed by atoms with Gasteiger partial charge in [0.25, 0.3) is 0 Å².